The van der Waals surface area contributed by atoms with E-state index in [2.05, 4.69) is 9.72 Å². The van der Waals surface area contributed by atoms with E-state index in [1.807, 2.05) is 0 Å². The zero-order valence-corrected chi connectivity index (χ0v) is 10.9. The highest BCUT2D eigenvalue weighted by molar-refractivity contribution is 6.00. The van der Waals surface area contributed by atoms with Gasteiger partial charge in [0.05, 0.1) is 18.2 Å². The van der Waals surface area contributed by atoms with Crippen molar-refractivity contribution in [2.45, 2.75) is 6.18 Å². The average Bonchev–Trinajstić information content (AvgIpc) is 2.45. The topological polar surface area (TPSA) is 65.2 Å². The molecule has 1 aromatic heterocycles. The Labute approximate surface area is 118 Å². The molecule has 4 nitrogen and oxygen atoms in total. The number of nitrogens with two attached hydrogens (primary N) is 1. The molecule has 0 atom stereocenters. The zero-order valence-electron chi connectivity index (χ0n) is 10.9. The number of nitrogens with zero attached hydrogens (tertiary/aromatic N) is 1. The number of anilines is 1. The second-order valence-electron chi connectivity index (χ2n) is 4.15. The second-order valence-corrected chi connectivity index (χ2v) is 4.15. The first-order valence-corrected chi connectivity index (χ1v) is 5.85. The number of carbonyl (C=O) groups excluding carboxylic acids is 1. The molecule has 0 aliphatic rings. The summed E-state index contributed by atoms with van der Waals surface area (Å²) in [4.78, 5) is 15.5. The number of hydrogen-bond donors (Lipinski definition) is 1. The molecule has 0 aliphatic carbocycles. The van der Waals surface area contributed by atoms with E-state index in [1.165, 1.54) is 30.5 Å². The summed E-state index contributed by atoms with van der Waals surface area (Å²) in [6, 6.07) is 6.12. The molecule has 0 bridgehead atoms. The Balaban J connectivity index is 2.77. The average molecular weight is 296 g/mol. The first-order valence-electron chi connectivity index (χ1n) is 5.85. The van der Waals surface area contributed by atoms with E-state index in [0.29, 0.717) is 0 Å². The lowest BCUT2D eigenvalue weighted by molar-refractivity contribution is -0.137. The van der Waals surface area contributed by atoms with Crippen LogP contribution in [0.4, 0.5) is 19.0 Å². The van der Waals surface area contributed by atoms with E-state index >= 15 is 0 Å². The van der Waals surface area contributed by atoms with Crippen molar-refractivity contribution in [1.29, 1.82) is 0 Å². The van der Waals surface area contributed by atoms with Crippen molar-refractivity contribution < 1.29 is 22.7 Å². The first-order chi connectivity index (χ1) is 9.86. The summed E-state index contributed by atoms with van der Waals surface area (Å²) in [6.07, 6.45) is -3.34. The molecule has 2 aromatic rings. The Hall–Kier alpha value is -2.57. The molecule has 0 saturated heterocycles. The third-order valence-corrected chi connectivity index (χ3v) is 2.89. The van der Waals surface area contributed by atoms with Crippen LogP contribution in [0.15, 0.2) is 36.5 Å². The molecule has 0 amide bonds. The maximum atomic E-state index is 13.1. The van der Waals surface area contributed by atoms with Crippen LogP contribution in [-0.2, 0) is 10.9 Å². The van der Waals surface area contributed by atoms with Crippen molar-refractivity contribution in [2.24, 2.45) is 0 Å². The van der Waals surface area contributed by atoms with Crippen LogP contribution >= 0.6 is 0 Å². The minimum absolute atomic E-state index is 0.0679. The molecule has 110 valence electrons. The smallest absolute Gasteiger partial charge is 0.417 e. The van der Waals surface area contributed by atoms with Crippen molar-refractivity contribution in [3.8, 4) is 11.1 Å². The molecule has 7 heteroatoms. The quantitative estimate of drug-likeness (QED) is 0.865. The van der Waals surface area contributed by atoms with Gasteiger partial charge in [-0.2, -0.15) is 13.2 Å². The highest BCUT2D eigenvalue weighted by Gasteiger charge is 2.34. The summed E-state index contributed by atoms with van der Waals surface area (Å²) in [7, 11) is 1.14. The van der Waals surface area contributed by atoms with Crippen molar-refractivity contribution >= 4 is 11.8 Å². The van der Waals surface area contributed by atoms with Crippen molar-refractivity contribution in [2.75, 3.05) is 12.8 Å². The van der Waals surface area contributed by atoms with Crippen LogP contribution in [0.25, 0.3) is 11.1 Å². The van der Waals surface area contributed by atoms with Gasteiger partial charge in [0.1, 0.15) is 5.82 Å². The molecule has 2 rings (SSSR count). The highest BCUT2D eigenvalue weighted by atomic mass is 19.4. The molecule has 0 radical (unpaired) electrons. The van der Waals surface area contributed by atoms with E-state index in [0.717, 1.165) is 13.2 Å². The number of halogens is 3. The number of aromatic nitrogens is 1. The molecule has 0 saturated carbocycles. The van der Waals surface area contributed by atoms with Gasteiger partial charge in [-0.25, -0.2) is 9.78 Å². The van der Waals surface area contributed by atoms with Gasteiger partial charge in [0.25, 0.3) is 0 Å². The number of alkyl halides is 3. The predicted molar refractivity (Wildman–Crippen MR) is 70.4 cm³/mol. The number of methoxy groups -OCH3 is 1. The minimum Gasteiger partial charge on any atom is -0.465 e. The van der Waals surface area contributed by atoms with Gasteiger partial charge in [-0.3, -0.25) is 0 Å². The molecular weight excluding hydrogens is 285 g/mol. The lowest BCUT2D eigenvalue weighted by Crippen LogP contribution is -2.11. The largest absolute Gasteiger partial charge is 0.465 e. The molecule has 1 aromatic carbocycles. The van der Waals surface area contributed by atoms with Gasteiger partial charge < -0.3 is 10.5 Å². The monoisotopic (exact) mass is 296 g/mol. The van der Waals surface area contributed by atoms with Crippen LogP contribution in [0.5, 0.6) is 0 Å². The van der Waals surface area contributed by atoms with Gasteiger partial charge in [0, 0.05) is 11.8 Å². The minimum atomic E-state index is -4.58. The summed E-state index contributed by atoms with van der Waals surface area (Å²) in [5.41, 5.74) is 4.41. The summed E-state index contributed by atoms with van der Waals surface area (Å²) in [5.74, 6) is -0.953. The number of rotatable bonds is 2. The third-order valence-electron chi connectivity index (χ3n) is 2.89. The SMILES string of the molecule is COC(=O)c1ccnc(N)c1-c1ccccc1C(F)(F)F. The van der Waals surface area contributed by atoms with Crippen LogP contribution in [-0.4, -0.2) is 18.1 Å². The Bertz CT molecular complexity index is 684. The van der Waals surface area contributed by atoms with Crippen LogP contribution < -0.4 is 5.73 Å². The normalized spacial score (nSPS) is 11.2. The summed E-state index contributed by atoms with van der Waals surface area (Å²) < 4.78 is 43.9. The van der Waals surface area contributed by atoms with E-state index in [1.54, 1.807) is 0 Å². The standard InChI is InChI=1S/C14H11F3N2O2/c1-21-13(20)9-6-7-19-12(18)11(9)8-4-2-3-5-10(8)14(15,16)17/h2-7H,1H3,(H2,18,19). The number of nitrogen functional groups attached to an aromatic ring is 1. The molecule has 2 N–H and O–H groups in total. The summed E-state index contributed by atoms with van der Waals surface area (Å²) in [5, 5.41) is 0. The highest BCUT2D eigenvalue weighted by Crippen LogP contribution is 2.39. The van der Waals surface area contributed by atoms with Crippen LogP contribution in [0, 0.1) is 0 Å². The van der Waals surface area contributed by atoms with Crippen LogP contribution in [0.3, 0.4) is 0 Å². The predicted octanol–water partition coefficient (Wildman–Crippen LogP) is 3.14. The summed E-state index contributed by atoms with van der Waals surface area (Å²) in [6.45, 7) is 0. The number of hydrogen-bond acceptors (Lipinski definition) is 4. The van der Waals surface area contributed by atoms with Gasteiger partial charge in [-0.05, 0) is 17.7 Å². The molecule has 0 spiro atoms. The van der Waals surface area contributed by atoms with E-state index in [-0.39, 0.29) is 22.5 Å². The Kier molecular flexibility index (Phi) is 3.84. The number of benzene rings is 1. The van der Waals surface area contributed by atoms with E-state index < -0.39 is 17.7 Å². The maximum absolute atomic E-state index is 13.1. The van der Waals surface area contributed by atoms with Gasteiger partial charge in [-0.15, -0.1) is 0 Å². The van der Waals surface area contributed by atoms with Gasteiger partial charge in [0.15, 0.2) is 0 Å². The number of esters is 1. The van der Waals surface area contributed by atoms with E-state index in [4.69, 9.17) is 5.73 Å². The fourth-order valence-electron chi connectivity index (χ4n) is 1.99. The lowest BCUT2D eigenvalue weighted by Gasteiger charge is -2.16. The molecule has 21 heavy (non-hydrogen) atoms. The van der Waals surface area contributed by atoms with Crippen LogP contribution in [0.1, 0.15) is 15.9 Å². The molecule has 1 heterocycles. The number of ether oxygens (including phenoxy) is 1. The summed E-state index contributed by atoms with van der Waals surface area (Å²) >= 11 is 0. The van der Waals surface area contributed by atoms with Gasteiger partial charge >= 0.3 is 12.1 Å². The van der Waals surface area contributed by atoms with Gasteiger partial charge in [0.2, 0.25) is 0 Å². The van der Waals surface area contributed by atoms with Crippen molar-refractivity contribution in [3.63, 3.8) is 0 Å². The zero-order chi connectivity index (χ0) is 15.6. The Morgan fingerprint density at radius 2 is 1.90 bits per heavy atom. The molecule has 0 fully saturated rings. The fourth-order valence-corrected chi connectivity index (χ4v) is 1.99. The molecular formula is C14H11F3N2O2. The lowest BCUT2D eigenvalue weighted by atomic mass is 9.95. The number of pyridine rings is 1. The Morgan fingerprint density at radius 3 is 2.52 bits per heavy atom. The van der Waals surface area contributed by atoms with Crippen molar-refractivity contribution in [3.05, 3.63) is 47.7 Å². The first kappa shape index (κ1) is 14.8. The fraction of sp³-hybridized carbons (Fsp3) is 0.143. The Morgan fingerprint density at radius 1 is 1.24 bits per heavy atom. The maximum Gasteiger partial charge on any atom is 0.417 e. The molecule has 0 aliphatic heterocycles. The van der Waals surface area contributed by atoms with Gasteiger partial charge in [-0.1, -0.05) is 18.2 Å². The van der Waals surface area contributed by atoms with E-state index in [9.17, 15) is 18.0 Å². The second kappa shape index (κ2) is 5.43. The van der Waals surface area contributed by atoms with Crippen molar-refractivity contribution in [1.82, 2.24) is 4.98 Å². The third kappa shape index (κ3) is 2.81. The number of carbonyl (C=O) groups is 1. The van der Waals surface area contributed by atoms with Crippen LogP contribution in [0.2, 0.25) is 0 Å². The molecule has 0 unspecified atom stereocenters.